The van der Waals surface area contributed by atoms with Crippen molar-refractivity contribution >= 4 is 17.8 Å². The molecule has 8 nitrogen and oxygen atoms in total. The van der Waals surface area contributed by atoms with E-state index in [0.29, 0.717) is 6.61 Å². The normalized spacial score (nSPS) is 11.8. The van der Waals surface area contributed by atoms with Crippen LogP contribution in [0.3, 0.4) is 0 Å². The maximum Gasteiger partial charge on any atom is 0.326 e. The summed E-state index contributed by atoms with van der Waals surface area (Å²) in [6.07, 6.45) is -0.156. The average Bonchev–Trinajstić information content (AvgIpc) is 2.29. The predicted molar refractivity (Wildman–Crippen MR) is 60.7 cm³/mol. The van der Waals surface area contributed by atoms with E-state index in [1.54, 1.807) is 0 Å². The number of hydrogen-bond acceptors (Lipinski definition) is 5. The molecule has 0 aromatic carbocycles. The van der Waals surface area contributed by atoms with E-state index >= 15 is 0 Å². The van der Waals surface area contributed by atoms with Gasteiger partial charge in [0.05, 0.1) is 13.2 Å². The molecule has 0 saturated carbocycles. The maximum absolute atomic E-state index is 11.3. The smallest absolute Gasteiger partial charge is 0.326 e. The number of carboxylic acids is 1. The van der Waals surface area contributed by atoms with Crippen LogP contribution in [-0.2, 0) is 23.9 Å². The van der Waals surface area contributed by atoms with Gasteiger partial charge in [0, 0.05) is 13.5 Å². The zero-order chi connectivity index (χ0) is 14.0. The van der Waals surface area contributed by atoms with Crippen molar-refractivity contribution in [2.75, 3.05) is 26.9 Å². The minimum atomic E-state index is -1.22. The standard InChI is InChI=1S/C10H18N2O6/c1-17-4-5-18-6-9(14)12-7(10(15)16)2-3-8(11)13/h7H,2-6H2,1H3,(H2,11,13)(H,12,14)(H,15,16)/t7-/m1/s1. The number of ether oxygens (including phenoxy) is 2. The zero-order valence-corrected chi connectivity index (χ0v) is 10.2. The first kappa shape index (κ1) is 16.3. The number of nitrogens with two attached hydrogens (primary N) is 1. The average molecular weight is 262 g/mol. The van der Waals surface area contributed by atoms with E-state index in [1.165, 1.54) is 7.11 Å². The lowest BCUT2D eigenvalue weighted by Gasteiger charge is -2.13. The van der Waals surface area contributed by atoms with E-state index in [2.05, 4.69) is 5.32 Å². The van der Waals surface area contributed by atoms with Crippen molar-refractivity contribution in [2.45, 2.75) is 18.9 Å². The molecular formula is C10H18N2O6. The molecule has 0 aliphatic rings. The Morgan fingerprint density at radius 1 is 1.33 bits per heavy atom. The Morgan fingerprint density at radius 3 is 2.50 bits per heavy atom. The van der Waals surface area contributed by atoms with Gasteiger partial charge in [-0.3, -0.25) is 9.59 Å². The topological polar surface area (TPSA) is 128 Å². The van der Waals surface area contributed by atoms with Crippen LogP contribution in [-0.4, -0.2) is 55.9 Å². The van der Waals surface area contributed by atoms with Crippen LogP contribution < -0.4 is 11.1 Å². The molecule has 0 radical (unpaired) electrons. The summed E-state index contributed by atoms with van der Waals surface area (Å²) < 4.78 is 9.63. The van der Waals surface area contributed by atoms with Crippen molar-refractivity contribution in [3.8, 4) is 0 Å². The van der Waals surface area contributed by atoms with Crippen LogP contribution >= 0.6 is 0 Å². The summed E-state index contributed by atoms with van der Waals surface area (Å²) in [5, 5.41) is 11.1. The number of aliphatic carboxylic acids is 1. The lowest BCUT2D eigenvalue weighted by atomic mass is 10.1. The number of primary amides is 1. The van der Waals surface area contributed by atoms with E-state index in [1.807, 2.05) is 0 Å². The van der Waals surface area contributed by atoms with Crippen molar-refractivity contribution < 1.29 is 29.0 Å². The van der Waals surface area contributed by atoms with E-state index in [0.717, 1.165) is 0 Å². The molecule has 0 fully saturated rings. The predicted octanol–water partition coefficient (Wildman–Crippen LogP) is -1.52. The van der Waals surface area contributed by atoms with Crippen molar-refractivity contribution in [1.82, 2.24) is 5.32 Å². The van der Waals surface area contributed by atoms with E-state index in [4.69, 9.17) is 20.3 Å². The van der Waals surface area contributed by atoms with E-state index in [9.17, 15) is 14.4 Å². The highest BCUT2D eigenvalue weighted by Crippen LogP contribution is 1.97. The van der Waals surface area contributed by atoms with Gasteiger partial charge < -0.3 is 25.6 Å². The second-order valence-corrected chi connectivity index (χ2v) is 3.51. The fourth-order valence-electron chi connectivity index (χ4n) is 1.09. The summed E-state index contributed by atoms with van der Waals surface area (Å²) in [6, 6.07) is -1.14. The molecule has 0 unspecified atom stereocenters. The quantitative estimate of drug-likeness (QED) is 0.410. The highest BCUT2D eigenvalue weighted by Gasteiger charge is 2.20. The number of methoxy groups -OCH3 is 1. The summed E-state index contributed by atoms with van der Waals surface area (Å²) in [7, 11) is 1.49. The number of hydrogen-bond donors (Lipinski definition) is 3. The Labute approximate surface area is 104 Å². The maximum atomic E-state index is 11.3. The first-order valence-corrected chi connectivity index (χ1v) is 5.34. The SMILES string of the molecule is COCCOCC(=O)N[C@H](CCC(N)=O)C(=O)O. The van der Waals surface area contributed by atoms with Gasteiger partial charge in [-0.25, -0.2) is 4.79 Å². The van der Waals surface area contributed by atoms with E-state index in [-0.39, 0.29) is 26.1 Å². The van der Waals surface area contributed by atoms with Crippen LogP contribution in [0.25, 0.3) is 0 Å². The number of carbonyl (C=O) groups is 3. The minimum Gasteiger partial charge on any atom is -0.480 e. The Bertz CT molecular complexity index is 294. The largest absolute Gasteiger partial charge is 0.480 e. The van der Waals surface area contributed by atoms with Crippen LogP contribution in [0.5, 0.6) is 0 Å². The van der Waals surface area contributed by atoms with Crippen molar-refractivity contribution in [3.63, 3.8) is 0 Å². The second-order valence-electron chi connectivity index (χ2n) is 3.51. The zero-order valence-electron chi connectivity index (χ0n) is 10.2. The molecule has 0 aromatic rings. The van der Waals surface area contributed by atoms with Gasteiger partial charge in [-0.05, 0) is 6.42 Å². The van der Waals surface area contributed by atoms with Crippen LogP contribution in [0.2, 0.25) is 0 Å². The van der Waals surface area contributed by atoms with Crippen LogP contribution in [0.1, 0.15) is 12.8 Å². The summed E-state index contributed by atoms with van der Waals surface area (Å²) >= 11 is 0. The molecule has 18 heavy (non-hydrogen) atoms. The molecule has 1 atom stereocenters. The summed E-state index contributed by atoms with van der Waals surface area (Å²) in [4.78, 5) is 32.6. The van der Waals surface area contributed by atoms with Crippen LogP contribution in [0.15, 0.2) is 0 Å². The Balaban J connectivity index is 3.96. The first-order chi connectivity index (χ1) is 8.47. The number of rotatable bonds is 10. The third-order valence-electron chi connectivity index (χ3n) is 1.98. The Morgan fingerprint density at radius 2 is 2.00 bits per heavy atom. The second kappa shape index (κ2) is 9.37. The molecule has 0 saturated heterocycles. The molecule has 0 aliphatic heterocycles. The molecule has 4 N–H and O–H groups in total. The van der Waals surface area contributed by atoms with Gasteiger partial charge in [-0.15, -0.1) is 0 Å². The third-order valence-corrected chi connectivity index (χ3v) is 1.98. The summed E-state index contributed by atoms with van der Waals surface area (Å²) in [6.45, 7) is 0.323. The monoisotopic (exact) mass is 262 g/mol. The van der Waals surface area contributed by atoms with E-state index < -0.39 is 23.8 Å². The summed E-state index contributed by atoms with van der Waals surface area (Å²) in [5.41, 5.74) is 4.90. The molecule has 0 bridgehead atoms. The van der Waals surface area contributed by atoms with Crippen LogP contribution in [0, 0.1) is 0 Å². The van der Waals surface area contributed by atoms with Gasteiger partial charge in [0.1, 0.15) is 12.6 Å². The third kappa shape index (κ3) is 8.48. The fourth-order valence-corrected chi connectivity index (χ4v) is 1.09. The Hall–Kier alpha value is -1.67. The van der Waals surface area contributed by atoms with Gasteiger partial charge in [0.15, 0.2) is 0 Å². The van der Waals surface area contributed by atoms with Gasteiger partial charge >= 0.3 is 5.97 Å². The number of nitrogens with one attached hydrogen (secondary N) is 1. The van der Waals surface area contributed by atoms with Gasteiger partial charge in [-0.1, -0.05) is 0 Å². The molecule has 0 spiro atoms. The molecule has 0 heterocycles. The van der Waals surface area contributed by atoms with Crippen molar-refractivity contribution in [1.29, 1.82) is 0 Å². The molecule has 8 heteroatoms. The fraction of sp³-hybridized carbons (Fsp3) is 0.700. The molecule has 2 amide bonds. The first-order valence-electron chi connectivity index (χ1n) is 5.34. The highest BCUT2D eigenvalue weighted by molar-refractivity contribution is 5.84. The summed E-state index contributed by atoms with van der Waals surface area (Å²) in [5.74, 6) is -2.41. The van der Waals surface area contributed by atoms with Crippen molar-refractivity contribution in [3.05, 3.63) is 0 Å². The molecule has 0 aliphatic carbocycles. The lowest BCUT2D eigenvalue weighted by molar-refractivity contribution is -0.143. The molecular weight excluding hydrogens is 244 g/mol. The number of amides is 2. The van der Waals surface area contributed by atoms with Crippen molar-refractivity contribution in [2.24, 2.45) is 5.73 Å². The number of carboxylic acid groups (broad SMARTS) is 1. The Kier molecular flexibility index (Phi) is 8.50. The molecule has 0 aromatic heterocycles. The molecule has 0 rings (SSSR count). The molecule has 104 valence electrons. The van der Waals surface area contributed by atoms with Gasteiger partial charge in [0.2, 0.25) is 11.8 Å². The minimum absolute atomic E-state index is 0.0471. The number of carbonyl (C=O) groups excluding carboxylic acids is 2. The highest BCUT2D eigenvalue weighted by atomic mass is 16.5. The lowest BCUT2D eigenvalue weighted by Crippen LogP contribution is -2.43. The van der Waals surface area contributed by atoms with Gasteiger partial charge in [-0.2, -0.15) is 0 Å². The van der Waals surface area contributed by atoms with Gasteiger partial charge in [0.25, 0.3) is 0 Å². The van der Waals surface area contributed by atoms with Crippen LogP contribution in [0.4, 0.5) is 0 Å².